The largest absolute Gasteiger partial charge is 0.463 e. The number of nitrogens with two attached hydrogens (primary N) is 1. The fourth-order valence-corrected chi connectivity index (χ4v) is 1.97. The van der Waals surface area contributed by atoms with Gasteiger partial charge in [-0.15, -0.1) is 0 Å². The molecule has 0 radical (unpaired) electrons. The molecule has 1 atom stereocenters. The van der Waals surface area contributed by atoms with E-state index in [0.29, 0.717) is 12.5 Å². The normalized spacial score (nSPS) is 13.0. The van der Waals surface area contributed by atoms with E-state index in [1.807, 2.05) is 20.0 Å². The van der Waals surface area contributed by atoms with Crippen LogP contribution in [0, 0.1) is 12.8 Å². The zero-order valence-corrected chi connectivity index (χ0v) is 13.1. The van der Waals surface area contributed by atoms with Crippen LogP contribution in [-0.2, 0) is 11.3 Å². The van der Waals surface area contributed by atoms with Crippen molar-refractivity contribution in [1.29, 1.82) is 0 Å². The van der Waals surface area contributed by atoms with Gasteiger partial charge in [0, 0.05) is 11.6 Å². The Morgan fingerprint density at radius 3 is 2.70 bits per heavy atom. The fraction of sp³-hybridized carbons (Fsp3) is 0.667. The quantitative estimate of drug-likeness (QED) is 0.776. The van der Waals surface area contributed by atoms with Gasteiger partial charge in [-0.1, -0.05) is 13.8 Å². The first-order valence-electron chi connectivity index (χ1n) is 6.96. The Morgan fingerprint density at radius 1 is 1.50 bits per heavy atom. The Kier molecular flexibility index (Phi) is 6.23. The number of carbonyl (C=O) groups excluding carboxylic acids is 1. The van der Waals surface area contributed by atoms with Crippen LogP contribution in [-0.4, -0.2) is 37.6 Å². The maximum Gasteiger partial charge on any atom is 0.374 e. The van der Waals surface area contributed by atoms with E-state index >= 15 is 0 Å². The summed E-state index contributed by atoms with van der Waals surface area (Å²) in [5.41, 5.74) is 6.84. The third-order valence-electron chi connectivity index (χ3n) is 3.47. The molecule has 1 heterocycles. The lowest BCUT2D eigenvalue weighted by atomic mass is 10.0. The van der Waals surface area contributed by atoms with Crippen LogP contribution in [0.3, 0.4) is 0 Å². The number of rotatable bonds is 7. The fourth-order valence-electron chi connectivity index (χ4n) is 1.97. The van der Waals surface area contributed by atoms with E-state index in [-0.39, 0.29) is 11.8 Å². The van der Waals surface area contributed by atoms with Crippen molar-refractivity contribution in [2.45, 2.75) is 39.8 Å². The average molecular weight is 282 g/mol. The third kappa shape index (κ3) is 4.65. The Bertz CT molecular complexity index is 440. The molecule has 0 aliphatic carbocycles. The first-order chi connectivity index (χ1) is 9.35. The van der Waals surface area contributed by atoms with Crippen molar-refractivity contribution in [2.24, 2.45) is 11.7 Å². The predicted molar refractivity (Wildman–Crippen MR) is 78.5 cm³/mol. The van der Waals surface area contributed by atoms with E-state index in [2.05, 4.69) is 23.5 Å². The van der Waals surface area contributed by atoms with E-state index in [9.17, 15) is 4.79 Å². The molecule has 114 valence electrons. The molecule has 0 bridgehead atoms. The van der Waals surface area contributed by atoms with Crippen molar-refractivity contribution in [3.05, 3.63) is 23.2 Å². The highest BCUT2D eigenvalue weighted by Crippen LogP contribution is 2.17. The van der Waals surface area contributed by atoms with E-state index in [0.717, 1.165) is 24.3 Å². The van der Waals surface area contributed by atoms with E-state index in [1.165, 1.54) is 7.11 Å². The number of ether oxygens (including phenoxy) is 1. The van der Waals surface area contributed by atoms with Gasteiger partial charge in [0.25, 0.3) is 0 Å². The van der Waals surface area contributed by atoms with Gasteiger partial charge in [-0.3, -0.25) is 4.90 Å². The van der Waals surface area contributed by atoms with Gasteiger partial charge < -0.3 is 14.9 Å². The van der Waals surface area contributed by atoms with Gasteiger partial charge >= 0.3 is 5.97 Å². The highest BCUT2D eigenvalue weighted by Gasteiger charge is 2.17. The van der Waals surface area contributed by atoms with Crippen LogP contribution in [0.2, 0.25) is 0 Å². The summed E-state index contributed by atoms with van der Waals surface area (Å²) in [4.78, 5) is 13.6. The van der Waals surface area contributed by atoms with Crippen LogP contribution < -0.4 is 5.73 Å². The molecular formula is C15H26N2O3. The van der Waals surface area contributed by atoms with Crippen molar-refractivity contribution >= 4 is 5.97 Å². The molecule has 5 heteroatoms. The van der Waals surface area contributed by atoms with E-state index in [4.69, 9.17) is 10.2 Å². The van der Waals surface area contributed by atoms with Gasteiger partial charge in [-0.25, -0.2) is 4.79 Å². The lowest BCUT2D eigenvalue weighted by molar-refractivity contribution is 0.0560. The second-order valence-corrected chi connectivity index (χ2v) is 5.65. The number of hydrogen-bond donors (Lipinski definition) is 1. The summed E-state index contributed by atoms with van der Waals surface area (Å²) >= 11 is 0. The molecule has 0 fully saturated rings. The van der Waals surface area contributed by atoms with Gasteiger partial charge in [-0.2, -0.15) is 0 Å². The molecule has 2 N–H and O–H groups in total. The highest BCUT2D eigenvalue weighted by molar-refractivity contribution is 5.87. The molecular weight excluding hydrogens is 256 g/mol. The van der Waals surface area contributed by atoms with Crippen LogP contribution in [0.1, 0.15) is 42.1 Å². The van der Waals surface area contributed by atoms with Crippen molar-refractivity contribution in [2.75, 3.05) is 20.7 Å². The van der Waals surface area contributed by atoms with Crippen LogP contribution >= 0.6 is 0 Å². The lowest BCUT2D eigenvalue weighted by Crippen LogP contribution is -2.31. The third-order valence-corrected chi connectivity index (χ3v) is 3.47. The minimum absolute atomic E-state index is 0.210. The Balaban J connectivity index is 2.54. The molecule has 1 rings (SSSR count). The number of carbonyl (C=O) groups is 1. The molecule has 0 saturated carbocycles. The topological polar surface area (TPSA) is 68.7 Å². The van der Waals surface area contributed by atoms with Crippen molar-refractivity contribution in [3.63, 3.8) is 0 Å². The molecule has 20 heavy (non-hydrogen) atoms. The van der Waals surface area contributed by atoms with Crippen LogP contribution in [0.15, 0.2) is 10.5 Å². The summed E-state index contributed by atoms with van der Waals surface area (Å²) in [6, 6.07) is 2.09. The number of aryl methyl sites for hydroxylation is 1. The first-order valence-corrected chi connectivity index (χ1v) is 6.96. The minimum Gasteiger partial charge on any atom is -0.463 e. The molecule has 0 aromatic carbocycles. The number of furan rings is 1. The van der Waals surface area contributed by atoms with Crippen molar-refractivity contribution in [3.8, 4) is 0 Å². The van der Waals surface area contributed by atoms with Crippen LogP contribution in [0.5, 0.6) is 0 Å². The summed E-state index contributed by atoms with van der Waals surface area (Å²) in [6.07, 6.45) is 0.942. The van der Waals surface area contributed by atoms with Gasteiger partial charge in [0.1, 0.15) is 5.76 Å². The molecule has 0 aliphatic rings. The zero-order chi connectivity index (χ0) is 15.3. The summed E-state index contributed by atoms with van der Waals surface area (Å²) in [7, 11) is 3.37. The average Bonchev–Trinajstić information content (AvgIpc) is 2.75. The van der Waals surface area contributed by atoms with E-state index in [1.54, 1.807) is 0 Å². The Morgan fingerprint density at radius 2 is 2.15 bits per heavy atom. The molecule has 0 amide bonds. The lowest BCUT2D eigenvalue weighted by Gasteiger charge is -2.20. The summed E-state index contributed by atoms with van der Waals surface area (Å²) in [6.45, 7) is 7.65. The Labute approximate surface area is 121 Å². The minimum atomic E-state index is -0.432. The summed E-state index contributed by atoms with van der Waals surface area (Å²) in [5, 5.41) is 0. The molecule has 0 aliphatic heterocycles. The van der Waals surface area contributed by atoms with Crippen LogP contribution in [0.25, 0.3) is 0 Å². The number of hydrogen-bond acceptors (Lipinski definition) is 5. The summed E-state index contributed by atoms with van der Waals surface area (Å²) in [5.74, 6) is 1.11. The second-order valence-electron chi connectivity index (χ2n) is 5.65. The monoisotopic (exact) mass is 282 g/mol. The van der Waals surface area contributed by atoms with Crippen LogP contribution in [0.4, 0.5) is 0 Å². The predicted octanol–water partition coefficient (Wildman–Crippen LogP) is 2.18. The second kappa shape index (κ2) is 7.45. The standard InChI is InChI=1S/C15H26N2O3/c1-10(2)13(16)6-7-17(4)9-12-8-11(3)14(20-12)15(18)19-5/h8,10,13H,6-7,9,16H2,1-5H3. The van der Waals surface area contributed by atoms with Gasteiger partial charge in [-0.05, 0) is 38.9 Å². The molecule has 0 spiro atoms. The van der Waals surface area contributed by atoms with Crippen molar-refractivity contribution in [1.82, 2.24) is 4.90 Å². The smallest absolute Gasteiger partial charge is 0.374 e. The molecule has 5 nitrogen and oxygen atoms in total. The van der Waals surface area contributed by atoms with Crippen molar-refractivity contribution < 1.29 is 13.9 Å². The van der Waals surface area contributed by atoms with Gasteiger partial charge in [0.05, 0.1) is 13.7 Å². The highest BCUT2D eigenvalue weighted by atomic mass is 16.5. The molecule has 1 aromatic rings. The molecule has 1 aromatic heterocycles. The van der Waals surface area contributed by atoms with Gasteiger partial charge in [0.2, 0.25) is 5.76 Å². The Hall–Kier alpha value is -1.33. The maximum absolute atomic E-state index is 11.5. The number of nitrogens with zero attached hydrogens (tertiary/aromatic N) is 1. The number of esters is 1. The maximum atomic E-state index is 11.5. The SMILES string of the molecule is COC(=O)c1oc(CN(C)CCC(N)C(C)C)cc1C. The molecule has 0 saturated heterocycles. The zero-order valence-electron chi connectivity index (χ0n) is 13.1. The van der Waals surface area contributed by atoms with Gasteiger partial charge in [0.15, 0.2) is 0 Å². The summed E-state index contributed by atoms with van der Waals surface area (Å²) < 4.78 is 10.2. The number of methoxy groups -OCH3 is 1. The molecule has 1 unspecified atom stereocenters. The van der Waals surface area contributed by atoms with E-state index < -0.39 is 5.97 Å². The first kappa shape index (κ1) is 16.7.